The number of aryl methyl sites for hydroxylation is 1. The van der Waals surface area contributed by atoms with Crippen molar-refractivity contribution in [3.63, 3.8) is 0 Å². The van der Waals surface area contributed by atoms with Crippen molar-refractivity contribution < 1.29 is 19.4 Å². The highest BCUT2D eigenvalue weighted by Gasteiger charge is 2.53. The van der Waals surface area contributed by atoms with Gasteiger partial charge in [0.05, 0.1) is 12.6 Å². The number of hydrogen-bond acceptors (Lipinski definition) is 11. The molecule has 0 radical (unpaired) electrons. The fraction of sp³-hybridized carbons (Fsp3) is 0.500. The van der Waals surface area contributed by atoms with Crippen molar-refractivity contribution in [3.8, 4) is 17.1 Å². The van der Waals surface area contributed by atoms with E-state index in [-0.39, 0.29) is 12.4 Å². The van der Waals surface area contributed by atoms with E-state index in [1.165, 1.54) is 11.8 Å². The van der Waals surface area contributed by atoms with E-state index in [4.69, 9.17) is 9.47 Å². The zero-order valence-corrected chi connectivity index (χ0v) is 21.9. The number of fused-ring (bicyclic) bond motifs is 1. The monoisotopic (exact) mass is 513 g/mol. The van der Waals surface area contributed by atoms with E-state index in [0.717, 1.165) is 11.1 Å². The lowest BCUT2D eigenvalue weighted by Crippen LogP contribution is -2.60. The van der Waals surface area contributed by atoms with Gasteiger partial charge in [-0.2, -0.15) is 0 Å². The van der Waals surface area contributed by atoms with E-state index >= 15 is 0 Å². The van der Waals surface area contributed by atoms with Gasteiger partial charge < -0.3 is 19.9 Å². The molecule has 0 aliphatic carbocycles. The molecule has 2 N–H and O–H groups in total. The number of rotatable bonds is 9. The van der Waals surface area contributed by atoms with Crippen molar-refractivity contribution in [2.24, 2.45) is 0 Å². The first-order valence-corrected chi connectivity index (χ1v) is 13.0. The van der Waals surface area contributed by atoms with Crippen LogP contribution in [0.5, 0.6) is 5.75 Å². The Labute approximate surface area is 214 Å². The minimum absolute atomic E-state index is 0.244. The maximum atomic E-state index is 11.7. The molecule has 192 valence electrons. The summed E-state index contributed by atoms with van der Waals surface area (Å²) in [6, 6.07) is 6.89. The number of benzene rings is 1. The SMILES string of the molecule is CCOC(=O)CCCn1nnnc1-c1ccc2c(c1)[C@@H](Nc1ccnc(SC)n1)[C@](C)(O)C(C)(C)O2. The highest BCUT2D eigenvalue weighted by molar-refractivity contribution is 7.98. The number of carbonyl (C=O) groups excluding carboxylic acids is 1. The molecule has 0 unspecified atom stereocenters. The Morgan fingerprint density at radius 2 is 2.11 bits per heavy atom. The summed E-state index contributed by atoms with van der Waals surface area (Å²) in [7, 11) is 0. The normalized spacial score (nSPS) is 20.3. The van der Waals surface area contributed by atoms with Crippen molar-refractivity contribution in [2.75, 3.05) is 18.2 Å². The second-order valence-electron chi connectivity index (χ2n) is 9.15. The zero-order valence-electron chi connectivity index (χ0n) is 21.1. The number of ether oxygens (including phenoxy) is 2. The van der Waals surface area contributed by atoms with Gasteiger partial charge in [0.25, 0.3) is 0 Å². The summed E-state index contributed by atoms with van der Waals surface area (Å²) in [5, 5.41) is 27.8. The van der Waals surface area contributed by atoms with Gasteiger partial charge in [0, 0.05) is 30.3 Å². The van der Waals surface area contributed by atoms with Crippen LogP contribution < -0.4 is 10.1 Å². The van der Waals surface area contributed by atoms with Gasteiger partial charge in [-0.15, -0.1) is 5.10 Å². The molecule has 0 amide bonds. The molecule has 2 aromatic heterocycles. The standard InChI is InChI=1S/C24H31N7O4S/c1-6-34-19(32)8-7-13-31-21(28-29-30-31)15-9-10-17-16(14-15)20(24(4,33)23(2,3)35-17)26-18-11-12-25-22(27-18)36-5/h9-12,14,20,33H,6-8,13H2,1-5H3,(H,25,26,27)/t20-,24+/m1/s1. The summed E-state index contributed by atoms with van der Waals surface area (Å²) < 4.78 is 12.9. The molecule has 2 atom stereocenters. The van der Waals surface area contributed by atoms with Crippen molar-refractivity contribution in [3.05, 3.63) is 36.0 Å². The van der Waals surface area contributed by atoms with Crippen LogP contribution in [0.25, 0.3) is 11.4 Å². The Morgan fingerprint density at radius 1 is 1.31 bits per heavy atom. The van der Waals surface area contributed by atoms with E-state index in [0.29, 0.717) is 42.1 Å². The summed E-state index contributed by atoms with van der Waals surface area (Å²) in [5.41, 5.74) is -0.673. The van der Waals surface area contributed by atoms with Crippen LogP contribution in [0.1, 0.15) is 52.1 Å². The van der Waals surface area contributed by atoms with Gasteiger partial charge in [0.15, 0.2) is 11.0 Å². The Morgan fingerprint density at radius 3 is 2.86 bits per heavy atom. The number of hydrogen-bond donors (Lipinski definition) is 2. The zero-order chi connectivity index (χ0) is 25.9. The molecule has 3 heterocycles. The van der Waals surface area contributed by atoms with Gasteiger partial charge in [-0.25, -0.2) is 14.6 Å². The first-order valence-electron chi connectivity index (χ1n) is 11.8. The number of nitrogens with zero attached hydrogens (tertiary/aromatic N) is 6. The molecule has 1 aliphatic heterocycles. The van der Waals surface area contributed by atoms with E-state index in [1.54, 1.807) is 30.8 Å². The smallest absolute Gasteiger partial charge is 0.305 e. The molecule has 0 spiro atoms. The van der Waals surface area contributed by atoms with E-state index in [1.807, 2.05) is 38.3 Å². The van der Waals surface area contributed by atoms with Crippen molar-refractivity contribution in [1.82, 2.24) is 30.2 Å². The molecule has 1 aromatic carbocycles. The summed E-state index contributed by atoms with van der Waals surface area (Å²) in [6.07, 6.45) is 4.42. The quantitative estimate of drug-likeness (QED) is 0.248. The summed E-state index contributed by atoms with van der Waals surface area (Å²) in [5.74, 6) is 1.55. The molecule has 36 heavy (non-hydrogen) atoms. The first-order chi connectivity index (χ1) is 17.2. The molecule has 12 heteroatoms. The highest BCUT2D eigenvalue weighted by Crippen LogP contribution is 2.48. The largest absolute Gasteiger partial charge is 0.484 e. The lowest BCUT2D eigenvalue weighted by Gasteiger charge is -2.49. The number of aromatic nitrogens is 6. The molecular formula is C24H31N7O4S. The van der Waals surface area contributed by atoms with Gasteiger partial charge in [-0.1, -0.05) is 11.8 Å². The highest BCUT2D eigenvalue weighted by atomic mass is 32.2. The second kappa shape index (κ2) is 10.4. The third-order valence-electron chi connectivity index (χ3n) is 6.42. The Hall–Kier alpha value is -3.25. The van der Waals surface area contributed by atoms with Crippen LogP contribution in [0.4, 0.5) is 5.82 Å². The molecule has 1 aliphatic rings. The molecule has 11 nitrogen and oxygen atoms in total. The molecule has 3 aromatic rings. The maximum Gasteiger partial charge on any atom is 0.305 e. The molecule has 0 bridgehead atoms. The second-order valence-corrected chi connectivity index (χ2v) is 9.93. The van der Waals surface area contributed by atoms with Gasteiger partial charge in [-0.05, 0) is 75.1 Å². The topological polar surface area (TPSA) is 137 Å². The van der Waals surface area contributed by atoms with Crippen molar-refractivity contribution in [1.29, 1.82) is 0 Å². The third-order valence-corrected chi connectivity index (χ3v) is 6.98. The predicted molar refractivity (Wildman–Crippen MR) is 135 cm³/mol. The van der Waals surface area contributed by atoms with Crippen LogP contribution >= 0.6 is 11.8 Å². The summed E-state index contributed by atoms with van der Waals surface area (Å²) in [4.78, 5) is 20.5. The first kappa shape index (κ1) is 25.8. The fourth-order valence-corrected chi connectivity index (χ4v) is 4.44. The van der Waals surface area contributed by atoms with Crippen molar-refractivity contribution in [2.45, 2.75) is 69.5 Å². The predicted octanol–water partition coefficient (Wildman–Crippen LogP) is 3.27. The Bertz CT molecular complexity index is 1230. The van der Waals surface area contributed by atoms with Crippen LogP contribution in [0.2, 0.25) is 0 Å². The van der Waals surface area contributed by atoms with E-state index < -0.39 is 17.2 Å². The van der Waals surface area contributed by atoms with Crippen LogP contribution in [-0.2, 0) is 16.1 Å². The third kappa shape index (κ3) is 5.14. The summed E-state index contributed by atoms with van der Waals surface area (Å²) in [6.45, 7) is 8.06. The Balaban J connectivity index is 1.66. The number of anilines is 1. The molecule has 0 saturated heterocycles. The van der Waals surface area contributed by atoms with Crippen LogP contribution in [-0.4, -0.2) is 65.3 Å². The van der Waals surface area contributed by atoms with Crippen LogP contribution in [0.3, 0.4) is 0 Å². The van der Waals surface area contributed by atoms with Gasteiger partial charge in [0.2, 0.25) is 0 Å². The van der Waals surface area contributed by atoms with Crippen LogP contribution in [0.15, 0.2) is 35.6 Å². The molecule has 0 fully saturated rings. The minimum Gasteiger partial charge on any atom is -0.484 e. The molecular weight excluding hydrogens is 482 g/mol. The number of esters is 1. The van der Waals surface area contributed by atoms with Gasteiger partial charge in [-0.3, -0.25) is 4.79 Å². The van der Waals surface area contributed by atoms with Crippen molar-refractivity contribution >= 4 is 23.5 Å². The Kier molecular flexibility index (Phi) is 7.46. The maximum absolute atomic E-state index is 11.7. The van der Waals surface area contributed by atoms with E-state index in [9.17, 15) is 9.90 Å². The number of thioether (sulfide) groups is 1. The van der Waals surface area contributed by atoms with Crippen LogP contribution in [0, 0.1) is 0 Å². The molecule has 0 saturated carbocycles. The minimum atomic E-state index is -1.30. The van der Waals surface area contributed by atoms with Gasteiger partial charge >= 0.3 is 5.97 Å². The van der Waals surface area contributed by atoms with Gasteiger partial charge in [0.1, 0.15) is 22.8 Å². The number of tetrazole rings is 1. The number of aliphatic hydroxyl groups is 1. The van der Waals surface area contributed by atoms with E-state index in [2.05, 4.69) is 30.8 Å². The average Bonchev–Trinajstić information content (AvgIpc) is 3.31. The lowest BCUT2D eigenvalue weighted by atomic mass is 9.75. The fourth-order valence-electron chi connectivity index (χ4n) is 4.09. The lowest BCUT2D eigenvalue weighted by molar-refractivity contribution is -0.143. The average molecular weight is 514 g/mol. The summed E-state index contributed by atoms with van der Waals surface area (Å²) >= 11 is 1.44. The number of nitrogens with one attached hydrogen (secondary N) is 1. The number of carbonyl (C=O) groups is 1. The molecule has 4 rings (SSSR count).